The molecule has 15 heavy (non-hydrogen) atoms. The van der Waals surface area contributed by atoms with Gasteiger partial charge in [0.05, 0.1) is 5.69 Å². The number of aromatic nitrogens is 1. The number of aryl methyl sites for hydroxylation is 2. The molecular formula is C9H15N3O2S. The van der Waals surface area contributed by atoms with Gasteiger partial charge in [0.2, 0.25) is 0 Å². The second-order valence-corrected chi connectivity index (χ2v) is 4.31. The predicted octanol–water partition coefficient (Wildman–Crippen LogP) is 0.672. The Bertz CT molecular complexity index is 328. The molecule has 0 bridgehead atoms. The number of carbonyl (C=O) groups is 1. The van der Waals surface area contributed by atoms with Crippen LogP contribution in [0.3, 0.4) is 0 Å². The van der Waals surface area contributed by atoms with Crippen molar-refractivity contribution in [3.05, 3.63) is 10.6 Å². The van der Waals surface area contributed by atoms with Crippen LogP contribution < -0.4 is 11.1 Å². The highest BCUT2D eigenvalue weighted by atomic mass is 32.1. The topological polar surface area (TPSA) is 77.2 Å². The fourth-order valence-corrected chi connectivity index (χ4v) is 1.84. The number of amides is 1. The number of nitrogens with one attached hydrogen (secondary N) is 1. The van der Waals surface area contributed by atoms with E-state index in [2.05, 4.69) is 10.3 Å². The Balaban J connectivity index is 2.65. The van der Waals surface area contributed by atoms with Crippen LogP contribution in [0, 0.1) is 13.8 Å². The van der Waals surface area contributed by atoms with Crippen LogP contribution in [0.2, 0.25) is 0 Å². The number of hydrogen-bond acceptors (Lipinski definition) is 5. The van der Waals surface area contributed by atoms with Crippen LogP contribution in [-0.4, -0.2) is 30.6 Å². The number of ether oxygens (including phenoxy) is 1. The van der Waals surface area contributed by atoms with Crippen LogP contribution in [0.1, 0.15) is 10.6 Å². The van der Waals surface area contributed by atoms with Gasteiger partial charge in [-0.1, -0.05) is 0 Å². The van der Waals surface area contributed by atoms with Gasteiger partial charge in [0.15, 0.2) is 5.13 Å². The highest BCUT2D eigenvalue weighted by molar-refractivity contribution is 7.15. The summed E-state index contributed by atoms with van der Waals surface area (Å²) >= 11 is 1.44. The van der Waals surface area contributed by atoms with Gasteiger partial charge in [-0.3, -0.25) is 10.1 Å². The summed E-state index contributed by atoms with van der Waals surface area (Å²) in [6.45, 7) is 4.02. The molecule has 1 amide bonds. The van der Waals surface area contributed by atoms with E-state index in [4.69, 9.17) is 10.5 Å². The van der Waals surface area contributed by atoms with Crippen LogP contribution in [0.25, 0.3) is 0 Å². The van der Waals surface area contributed by atoms with Crippen LogP contribution >= 0.6 is 11.3 Å². The Labute approximate surface area is 92.6 Å². The average molecular weight is 229 g/mol. The fraction of sp³-hybridized carbons (Fsp3) is 0.556. The van der Waals surface area contributed by atoms with E-state index < -0.39 is 6.10 Å². The normalized spacial score (nSPS) is 12.5. The highest BCUT2D eigenvalue weighted by Gasteiger charge is 2.17. The molecule has 0 aliphatic heterocycles. The van der Waals surface area contributed by atoms with Gasteiger partial charge in [-0.2, -0.15) is 0 Å². The second kappa shape index (κ2) is 5.20. The van der Waals surface area contributed by atoms with E-state index >= 15 is 0 Å². The van der Waals surface area contributed by atoms with E-state index in [0.29, 0.717) is 5.13 Å². The molecule has 6 heteroatoms. The van der Waals surface area contributed by atoms with E-state index in [1.807, 2.05) is 13.8 Å². The van der Waals surface area contributed by atoms with Crippen molar-refractivity contribution in [2.45, 2.75) is 20.0 Å². The minimum Gasteiger partial charge on any atom is -0.370 e. The van der Waals surface area contributed by atoms with Gasteiger partial charge >= 0.3 is 0 Å². The van der Waals surface area contributed by atoms with Crippen molar-refractivity contribution in [3.8, 4) is 0 Å². The zero-order valence-electron chi connectivity index (χ0n) is 9.03. The Hall–Kier alpha value is -0.980. The van der Waals surface area contributed by atoms with E-state index in [1.54, 1.807) is 0 Å². The van der Waals surface area contributed by atoms with E-state index in [0.717, 1.165) is 10.6 Å². The molecule has 0 radical (unpaired) electrons. The lowest BCUT2D eigenvalue weighted by Gasteiger charge is -2.10. The summed E-state index contributed by atoms with van der Waals surface area (Å²) in [7, 11) is 1.45. The van der Waals surface area contributed by atoms with Gasteiger partial charge in [0, 0.05) is 18.5 Å². The number of anilines is 1. The number of carbonyl (C=O) groups excluding carboxylic acids is 1. The molecule has 84 valence electrons. The Kier molecular flexibility index (Phi) is 4.19. The third kappa shape index (κ3) is 2.98. The SMILES string of the molecule is COC(CN)C(=O)Nc1nc(C)c(C)s1. The molecular weight excluding hydrogens is 214 g/mol. The minimum absolute atomic E-state index is 0.158. The summed E-state index contributed by atoms with van der Waals surface area (Å²) in [5, 5.41) is 3.26. The lowest BCUT2D eigenvalue weighted by Crippen LogP contribution is -2.35. The van der Waals surface area contributed by atoms with Gasteiger partial charge in [-0.15, -0.1) is 11.3 Å². The molecule has 1 unspecified atom stereocenters. The summed E-state index contributed by atoms with van der Waals surface area (Å²) in [6, 6.07) is 0. The molecule has 0 aliphatic rings. The molecule has 1 aromatic rings. The third-order valence-corrected chi connectivity index (χ3v) is 3.04. The lowest BCUT2D eigenvalue weighted by molar-refractivity contribution is -0.125. The first kappa shape index (κ1) is 12.1. The Morgan fingerprint density at radius 1 is 1.67 bits per heavy atom. The summed E-state index contributed by atoms with van der Waals surface area (Å²) < 4.78 is 4.91. The monoisotopic (exact) mass is 229 g/mol. The molecule has 0 fully saturated rings. The maximum Gasteiger partial charge on any atom is 0.256 e. The first-order valence-corrected chi connectivity index (χ1v) is 5.38. The zero-order valence-corrected chi connectivity index (χ0v) is 9.85. The van der Waals surface area contributed by atoms with Gasteiger partial charge in [-0.05, 0) is 13.8 Å². The first-order valence-electron chi connectivity index (χ1n) is 4.56. The summed E-state index contributed by atoms with van der Waals surface area (Å²) in [5.41, 5.74) is 6.30. The van der Waals surface area contributed by atoms with E-state index in [-0.39, 0.29) is 12.5 Å². The van der Waals surface area contributed by atoms with Gasteiger partial charge < -0.3 is 10.5 Å². The van der Waals surface area contributed by atoms with Crippen LogP contribution in [0.5, 0.6) is 0 Å². The Morgan fingerprint density at radius 2 is 2.33 bits per heavy atom. The van der Waals surface area contributed by atoms with Crippen molar-refractivity contribution in [1.82, 2.24) is 4.98 Å². The first-order chi connectivity index (χ1) is 7.08. The highest BCUT2D eigenvalue weighted by Crippen LogP contribution is 2.21. The molecule has 0 saturated carbocycles. The van der Waals surface area contributed by atoms with E-state index in [9.17, 15) is 4.79 Å². The molecule has 5 nitrogen and oxygen atoms in total. The van der Waals surface area contributed by atoms with Crippen molar-refractivity contribution in [1.29, 1.82) is 0 Å². The zero-order chi connectivity index (χ0) is 11.4. The molecule has 0 aliphatic carbocycles. The third-order valence-electron chi connectivity index (χ3n) is 2.05. The van der Waals surface area contributed by atoms with E-state index in [1.165, 1.54) is 18.4 Å². The molecule has 1 atom stereocenters. The van der Waals surface area contributed by atoms with Crippen molar-refractivity contribution >= 4 is 22.4 Å². The summed E-state index contributed by atoms with van der Waals surface area (Å²) in [6.07, 6.45) is -0.616. The molecule has 0 aromatic carbocycles. The molecule has 3 N–H and O–H groups in total. The maximum atomic E-state index is 11.5. The molecule has 1 rings (SSSR count). The number of methoxy groups -OCH3 is 1. The van der Waals surface area contributed by atoms with Crippen LogP contribution in [0.4, 0.5) is 5.13 Å². The fourth-order valence-electron chi connectivity index (χ4n) is 1.02. The number of thiazole rings is 1. The van der Waals surface area contributed by atoms with Crippen molar-refractivity contribution in [2.75, 3.05) is 19.0 Å². The van der Waals surface area contributed by atoms with Crippen LogP contribution in [0.15, 0.2) is 0 Å². The van der Waals surface area contributed by atoms with Crippen molar-refractivity contribution in [3.63, 3.8) is 0 Å². The standard InChI is InChI=1S/C9H15N3O2S/c1-5-6(2)15-9(11-5)12-8(13)7(4-10)14-3/h7H,4,10H2,1-3H3,(H,11,12,13). The minimum atomic E-state index is -0.616. The molecule has 0 spiro atoms. The summed E-state index contributed by atoms with van der Waals surface area (Å²) in [4.78, 5) is 16.8. The molecule has 1 aromatic heterocycles. The number of nitrogens with two attached hydrogens (primary N) is 1. The molecule has 0 saturated heterocycles. The van der Waals surface area contributed by atoms with Gasteiger partial charge in [0.1, 0.15) is 6.10 Å². The largest absolute Gasteiger partial charge is 0.370 e. The number of hydrogen-bond donors (Lipinski definition) is 2. The second-order valence-electron chi connectivity index (χ2n) is 3.11. The van der Waals surface area contributed by atoms with Gasteiger partial charge in [0.25, 0.3) is 5.91 Å². The van der Waals surface area contributed by atoms with Gasteiger partial charge in [-0.25, -0.2) is 4.98 Å². The van der Waals surface area contributed by atoms with Crippen molar-refractivity contribution < 1.29 is 9.53 Å². The molecule has 1 heterocycles. The Morgan fingerprint density at radius 3 is 2.73 bits per heavy atom. The number of nitrogens with zero attached hydrogens (tertiary/aromatic N) is 1. The summed E-state index contributed by atoms with van der Waals surface area (Å²) in [5.74, 6) is -0.256. The lowest BCUT2D eigenvalue weighted by atomic mass is 10.3. The average Bonchev–Trinajstić information content (AvgIpc) is 2.47. The number of rotatable bonds is 4. The van der Waals surface area contributed by atoms with Crippen molar-refractivity contribution in [2.24, 2.45) is 5.73 Å². The maximum absolute atomic E-state index is 11.5. The van der Waals surface area contributed by atoms with Crippen LogP contribution in [-0.2, 0) is 9.53 Å². The predicted molar refractivity (Wildman–Crippen MR) is 60.1 cm³/mol. The quantitative estimate of drug-likeness (QED) is 0.795. The smallest absolute Gasteiger partial charge is 0.256 e.